The first-order valence-electron chi connectivity index (χ1n) is 20.6. The van der Waals surface area contributed by atoms with E-state index in [1.165, 1.54) is 42.1 Å². The molecule has 6 heterocycles. The fourth-order valence-corrected chi connectivity index (χ4v) is 9.04. The number of likely N-dealkylation sites (N-methyl/N-ethyl adjacent to an activating group) is 1. The van der Waals surface area contributed by atoms with Gasteiger partial charge < -0.3 is 33.9 Å². The molecule has 64 heavy (non-hydrogen) atoms. The number of ether oxygens (including phenoxy) is 4. The van der Waals surface area contributed by atoms with Crippen LogP contribution in [0.3, 0.4) is 0 Å². The molecule has 3 aromatic heterocycles. The summed E-state index contributed by atoms with van der Waals surface area (Å²) in [4.78, 5) is 38.5. The summed E-state index contributed by atoms with van der Waals surface area (Å²) in [5, 5.41) is 11.7. The second-order valence-electron chi connectivity index (χ2n) is 15.5. The van der Waals surface area contributed by atoms with Gasteiger partial charge in [0.25, 0.3) is 0 Å². The van der Waals surface area contributed by atoms with E-state index in [-0.39, 0.29) is 37.3 Å². The van der Waals surface area contributed by atoms with E-state index in [1.54, 1.807) is 30.3 Å². The number of hydrogen-bond acceptors (Lipinski definition) is 13. The van der Waals surface area contributed by atoms with Gasteiger partial charge in [-0.1, -0.05) is 29.8 Å². The van der Waals surface area contributed by atoms with Crippen molar-refractivity contribution >= 4 is 44.8 Å². The summed E-state index contributed by atoms with van der Waals surface area (Å²) in [5.41, 5.74) is 4.42. The summed E-state index contributed by atoms with van der Waals surface area (Å²) in [5.74, 6) is -0.931. The van der Waals surface area contributed by atoms with Crippen molar-refractivity contribution in [2.45, 2.75) is 38.7 Å². The minimum absolute atomic E-state index is 0.0173. The van der Waals surface area contributed by atoms with E-state index < -0.39 is 37.1 Å². The molecule has 13 nitrogen and oxygen atoms in total. The molecular weight excluding hydrogens is 878 g/mol. The first-order valence-corrected chi connectivity index (χ1v) is 21.8. The molecular formula is C45H44ClF4N7O6S. The zero-order valence-electron chi connectivity index (χ0n) is 34.9. The van der Waals surface area contributed by atoms with Crippen molar-refractivity contribution < 1.29 is 46.4 Å². The van der Waals surface area contributed by atoms with Gasteiger partial charge in [0.15, 0.2) is 0 Å². The summed E-state index contributed by atoms with van der Waals surface area (Å²) in [6.45, 7) is 7.14. The number of carbonyl (C=O) groups is 1. The number of piperazine rings is 1. The Kier molecular flexibility index (Phi) is 13.6. The van der Waals surface area contributed by atoms with Crippen LogP contribution in [-0.2, 0) is 17.8 Å². The third-order valence-electron chi connectivity index (χ3n) is 11.1. The number of halogens is 5. The summed E-state index contributed by atoms with van der Waals surface area (Å²) in [7, 11) is 2.12. The monoisotopic (exact) mass is 921 g/mol. The summed E-state index contributed by atoms with van der Waals surface area (Å²) in [6, 6.07) is 16.4. The molecule has 3 aliphatic heterocycles. The maximum absolute atomic E-state index is 14.3. The predicted molar refractivity (Wildman–Crippen MR) is 234 cm³/mol. The Bertz CT molecular complexity index is 2610. The Labute approximate surface area is 375 Å². The number of carboxylic acid groups (broad SMARTS) is 1. The number of hydrogen-bond donors (Lipinski definition) is 1. The number of carboxylic acids is 1. The number of aromatic nitrogens is 4. The molecule has 3 aliphatic rings. The van der Waals surface area contributed by atoms with Gasteiger partial charge >= 0.3 is 18.2 Å². The Balaban J connectivity index is 1.19. The molecule has 3 aromatic carbocycles. The molecule has 1 N–H and O–H groups in total. The highest BCUT2D eigenvalue weighted by Crippen LogP contribution is 2.49. The number of rotatable bonds is 11. The van der Waals surface area contributed by atoms with E-state index >= 15 is 0 Å². The molecule has 336 valence electrons. The number of anilines is 1. The molecule has 1 atom stereocenters. The maximum Gasteiger partial charge on any atom is 0.392 e. The van der Waals surface area contributed by atoms with E-state index in [0.29, 0.717) is 56.5 Å². The fourth-order valence-electron chi connectivity index (χ4n) is 7.60. The number of nitrogens with zero attached hydrogens (tertiary/aromatic N) is 7. The summed E-state index contributed by atoms with van der Waals surface area (Å²) >= 11 is 8.71. The lowest BCUT2D eigenvalue weighted by Gasteiger charge is -2.35. The van der Waals surface area contributed by atoms with Crippen LogP contribution in [-0.4, -0.2) is 119 Å². The zero-order chi connectivity index (χ0) is 45.0. The van der Waals surface area contributed by atoms with E-state index in [9.17, 15) is 27.5 Å². The Hall–Kier alpha value is -5.82. The second kappa shape index (κ2) is 19.5. The molecule has 0 radical (unpaired) electrons. The van der Waals surface area contributed by atoms with Crippen molar-refractivity contribution in [1.82, 2.24) is 29.7 Å². The maximum atomic E-state index is 14.3. The van der Waals surface area contributed by atoms with Gasteiger partial charge in [0.1, 0.15) is 48.3 Å². The largest absolute Gasteiger partial charge is 0.492 e. The minimum Gasteiger partial charge on any atom is -0.492 e. The van der Waals surface area contributed by atoms with Gasteiger partial charge in [-0.3, -0.25) is 4.90 Å². The van der Waals surface area contributed by atoms with E-state index in [0.717, 1.165) is 54.4 Å². The van der Waals surface area contributed by atoms with Crippen LogP contribution in [0.2, 0.25) is 5.02 Å². The number of aliphatic carboxylic acids is 1. The van der Waals surface area contributed by atoms with Crippen LogP contribution >= 0.6 is 22.9 Å². The van der Waals surface area contributed by atoms with Gasteiger partial charge in [0.05, 0.1) is 34.8 Å². The van der Waals surface area contributed by atoms with Gasteiger partial charge in [-0.15, -0.1) is 11.3 Å². The molecule has 0 saturated carbocycles. The molecule has 1 fully saturated rings. The Morgan fingerprint density at radius 3 is 2.55 bits per heavy atom. The lowest BCUT2D eigenvalue weighted by Crippen LogP contribution is -2.47. The molecule has 0 aliphatic carbocycles. The quantitative estimate of drug-likeness (QED) is 0.125. The predicted octanol–water partition coefficient (Wildman–Crippen LogP) is 8.35. The van der Waals surface area contributed by atoms with Gasteiger partial charge in [0.2, 0.25) is 12.0 Å². The lowest BCUT2D eigenvalue weighted by molar-refractivity contribution is -0.145. The van der Waals surface area contributed by atoms with Crippen molar-refractivity contribution in [2.75, 3.05) is 71.0 Å². The van der Waals surface area contributed by atoms with Crippen molar-refractivity contribution in [1.29, 1.82) is 0 Å². The van der Waals surface area contributed by atoms with Gasteiger partial charge in [-0.2, -0.15) is 18.2 Å². The van der Waals surface area contributed by atoms with Crippen molar-refractivity contribution in [3.8, 4) is 45.0 Å². The molecule has 19 heteroatoms. The lowest BCUT2D eigenvalue weighted by atomic mass is 9.95. The number of alkyl halides is 3. The van der Waals surface area contributed by atoms with Crippen LogP contribution in [0.1, 0.15) is 23.2 Å². The first-order chi connectivity index (χ1) is 30.8. The first kappa shape index (κ1) is 44.8. The zero-order valence-corrected chi connectivity index (χ0v) is 36.5. The number of fused-ring (bicyclic) bond motifs is 7. The van der Waals surface area contributed by atoms with Crippen LogP contribution in [0.5, 0.6) is 23.4 Å². The van der Waals surface area contributed by atoms with E-state index in [1.807, 2.05) is 19.1 Å². The van der Waals surface area contributed by atoms with Crippen molar-refractivity contribution in [2.24, 2.45) is 0 Å². The highest BCUT2D eigenvalue weighted by Gasteiger charge is 2.30. The van der Waals surface area contributed by atoms with Crippen LogP contribution in [0.4, 0.5) is 23.2 Å². The molecule has 0 spiro atoms. The number of thiophene rings is 1. The summed E-state index contributed by atoms with van der Waals surface area (Å²) < 4.78 is 76.5. The van der Waals surface area contributed by atoms with Crippen molar-refractivity contribution in [3.05, 3.63) is 101 Å². The van der Waals surface area contributed by atoms with Crippen molar-refractivity contribution in [3.63, 3.8) is 0 Å². The Morgan fingerprint density at radius 2 is 1.78 bits per heavy atom. The minimum atomic E-state index is -4.40. The van der Waals surface area contributed by atoms with E-state index in [4.69, 9.17) is 30.5 Å². The van der Waals surface area contributed by atoms with Gasteiger partial charge in [-0.25, -0.2) is 24.1 Å². The van der Waals surface area contributed by atoms with Crippen LogP contribution in [0, 0.1) is 12.7 Å². The number of benzene rings is 3. The topological polar surface area (TPSA) is 136 Å². The SMILES string of the molecule is Cc1c2ccc(c1Cl)N(CCN1CCN(C)CC1)CCOc1ccc(OCc3ccnc(OCCC(F)(F)F)n3)c(c1)C[C@H](C(=O)O)Oc1ncnc3sc(-c4ccc(F)cc4)c-2c13. The molecule has 1 saturated heterocycles. The van der Waals surface area contributed by atoms with Crippen LogP contribution < -0.4 is 23.8 Å². The molecule has 9 rings (SSSR count). The average Bonchev–Trinajstić information content (AvgIpc) is 3.66. The summed E-state index contributed by atoms with van der Waals surface area (Å²) in [6.07, 6.45) is -4.62. The van der Waals surface area contributed by atoms with Crippen LogP contribution in [0.25, 0.3) is 31.8 Å². The standard InChI is InChI=1S/C45H44ClF4N7O6S/c1-27-33-8-9-34(39(27)46)57(19-18-56-16-14-55(2)15-17-56)20-22-60-32-7-10-35(62-25-31-11-13-51-44(54-31)61-21-12-45(48,49)50)29(23-32)24-36(43(58)59)63-41-38-37(33)40(64-42(38)53-26-52-41)28-3-5-30(47)6-4-28/h3-11,13,23,26,36H,12,14-22,24-25H2,1-2H3,(H,58,59)/t36-/m1/s1. The third-order valence-corrected chi connectivity index (χ3v) is 12.7. The third kappa shape index (κ3) is 10.6. The second-order valence-corrected chi connectivity index (χ2v) is 16.9. The smallest absolute Gasteiger partial charge is 0.392 e. The van der Waals surface area contributed by atoms with E-state index in [2.05, 4.69) is 41.7 Å². The molecule has 6 aromatic rings. The highest BCUT2D eigenvalue weighted by atomic mass is 35.5. The van der Waals surface area contributed by atoms with Gasteiger partial charge in [-0.05, 0) is 73.1 Å². The van der Waals surface area contributed by atoms with Gasteiger partial charge in [0, 0.05) is 67.9 Å². The molecule has 0 amide bonds. The molecule has 0 unspecified atom stereocenters. The normalized spacial score (nSPS) is 16.3. The average molecular weight is 922 g/mol. The molecule has 4 bridgehead atoms. The van der Waals surface area contributed by atoms with Crippen LogP contribution in [0.15, 0.2) is 73.2 Å². The highest BCUT2D eigenvalue weighted by molar-refractivity contribution is 7.22. The fraction of sp³-hybridized carbons (Fsp3) is 0.356. The Morgan fingerprint density at radius 1 is 0.984 bits per heavy atom.